The number of rotatable bonds is 7. The molecule has 0 aromatic heterocycles. The Morgan fingerprint density at radius 2 is 1.88 bits per heavy atom. The van der Waals surface area contributed by atoms with E-state index in [9.17, 15) is 8.42 Å². The zero-order chi connectivity index (χ0) is 12.7. The Kier molecular flexibility index (Phi) is 5.65. The van der Waals surface area contributed by atoms with Crippen molar-refractivity contribution >= 4 is 9.84 Å². The monoisotopic (exact) mass is 255 g/mol. The lowest BCUT2D eigenvalue weighted by Gasteiger charge is -2.13. The van der Waals surface area contributed by atoms with E-state index in [4.69, 9.17) is 0 Å². The summed E-state index contributed by atoms with van der Waals surface area (Å²) in [4.78, 5) is 0. The van der Waals surface area contributed by atoms with Crippen LogP contribution in [0.5, 0.6) is 0 Å². The molecule has 1 N–H and O–H groups in total. The van der Waals surface area contributed by atoms with Crippen LogP contribution in [0.15, 0.2) is 30.3 Å². The molecule has 1 atom stereocenters. The summed E-state index contributed by atoms with van der Waals surface area (Å²) in [5, 5.41) is 3.24. The zero-order valence-corrected chi connectivity index (χ0v) is 11.3. The summed E-state index contributed by atoms with van der Waals surface area (Å²) in [5.74, 6) is 0.440. The van der Waals surface area contributed by atoms with Crippen LogP contribution >= 0.6 is 0 Å². The van der Waals surface area contributed by atoms with Crippen molar-refractivity contribution in [3.63, 3.8) is 0 Å². The highest BCUT2D eigenvalue weighted by molar-refractivity contribution is 7.91. The first-order valence-electron chi connectivity index (χ1n) is 6.01. The van der Waals surface area contributed by atoms with Gasteiger partial charge < -0.3 is 5.32 Å². The first-order valence-corrected chi connectivity index (χ1v) is 7.83. The molecule has 0 radical (unpaired) electrons. The average molecular weight is 255 g/mol. The van der Waals surface area contributed by atoms with Crippen LogP contribution in [0, 0.1) is 0 Å². The standard InChI is InChI=1S/C13H21NO2S/c1-3-17(15,16)11-12(2)14-10-9-13-7-5-4-6-8-13/h4-8,12,14H,3,9-11H2,1-2H3. The predicted octanol–water partition coefficient (Wildman–Crippen LogP) is 1.64. The molecule has 0 aliphatic carbocycles. The molecule has 17 heavy (non-hydrogen) atoms. The molecule has 1 rings (SSSR count). The third-order valence-corrected chi connectivity index (χ3v) is 4.58. The van der Waals surface area contributed by atoms with Crippen molar-refractivity contribution in [2.75, 3.05) is 18.1 Å². The van der Waals surface area contributed by atoms with Gasteiger partial charge in [0, 0.05) is 11.8 Å². The summed E-state index contributed by atoms with van der Waals surface area (Å²) in [6.45, 7) is 4.41. The van der Waals surface area contributed by atoms with Gasteiger partial charge in [-0.25, -0.2) is 8.42 Å². The van der Waals surface area contributed by atoms with Crippen LogP contribution in [0.4, 0.5) is 0 Å². The normalized spacial score (nSPS) is 13.5. The first kappa shape index (κ1) is 14.2. The molecule has 96 valence electrons. The molecule has 1 aromatic rings. The Bertz CT molecular complexity index is 414. The number of hydrogen-bond donors (Lipinski definition) is 1. The van der Waals surface area contributed by atoms with Crippen molar-refractivity contribution < 1.29 is 8.42 Å². The lowest BCUT2D eigenvalue weighted by Crippen LogP contribution is -2.34. The molecule has 4 heteroatoms. The number of hydrogen-bond acceptors (Lipinski definition) is 3. The Hall–Kier alpha value is -0.870. The lowest BCUT2D eigenvalue weighted by molar-refractivity contribution is 0.559. The lowest BCUT2D eigenvalue weighted by atomic mass is 10.1. The SMILES string of the molecule is CCS(=O)(=O)CC(C)NCCc1ccccc1. The number of benzene rings is 1. The van der Waals surface area contributed by atoms with Crippen LogP contribution in [-0.4, -0.2) is 32.5 Å². The molecule has 0 fully saturated rings. The molecule has 0 bridgehead atoms. The molecule has 0 saturated heterocycles. The highest BCUT2D eigenvalue weighted by Crippen LogP contribution is 1.99. The molecule has 1 aromatic carbocycles. The van der Waals surface area contributed by atoms with Gasteiger partial charge in [0.1, 0.15) is 0 Å². The van der Waals surface area contributed by atoms with Crippen molar-refractivity contribution in [2.24, 2.45) is 0 Å². The molecular weight excluding hydrogens is 234 g/mol. The Balaban J connectivity index is 2.28. The van der Waals surface area contributed by atoms with Gasteiger partial charge in [-0.1, -0.05) is 37.3 Å². The van der Waals surface area contributed by atoms with E-state index >= 15 is 0 Å². The minimum Gasteiger partial charge on any atom is -0.313 e. The fourth-order valence-electron chi connectivity index (χ4n) is 1.67. The Morgan fingerprint density at radius 1 is 1.24 bits per heavy atom. The predicted molar refractivity (Wildman–Crippen MR) is 71.9 cm³/mol. The van der Waals surface area contributed by atoms with Gasteiger partial charge in [0.2, 0.25) is 0 Å². The van der Waals surface area contributed by atoms with Crippen LogP contribution < -0.4 is 5.32 Å². The Labute approximate surface area is 104 Å². The third-order valence-electron chi connectivity index (χ3n) is 2.69. The van der Waals surface area contributed by atoms with E-state index in [-0.39, 0.29) is 17.5 Å². The van der Waals surface area contributed by atoms with Gasteiger partial charge in [-0.3, -0.25) is 0 Å². The van der Waals surface area contributed by atoms with Gasteiger partial charge in [0.15, 0.2) is 9.84 Å². The fraction of sp³-hybridized carbons (Fsp3) is 0.538. The van der Waals surface area contributed by atoms with E-state index in [0.717, 1.165) is 13.0 Å². The molecule has 0 heterocycles. The highest BCUT2D eigenvalue weighted by Gasteiger charge is 2.12. The topological polar surface area (TPSA) is 46.2 Å². The third kappa shape index (κ3) is 5.84. The maximum atomic E-state index is 11.4. The second-order valence-corrected chi connectivity index (χ2v) is 6.69. The van der Waals surface area contributed by atoms with Gasteiger partial charge >= 0.3 is 0 Å². The summed E-state index contributed by atoms with van der Waals surface area (Å²) in [7, 11) is -2.88. The summed E-state index contributed by atoms with van der Waals surface area (Å²) in [5.41, 5.74) is 1.27. The van der Waals surface area contributed by atoms with Gasteiger partial charge in [-0.15, -0.1) is 0 Å². The van der Waals surface area contributed by atoms with Gasteiger partial charge in [0.05, 0.1) is 5.75 Å². The van der Waals surface area contributed by atoms with Crippen molar-refractivity contribution in [1.29, 1.82) is 0 Å². The van der Waals surface area contributed by atoms with Crippen molar-refractivity contribution in [1.82, 2.24) is 5.32 Å². The van der Waals surface area contributed by atoms with Gasteiger partial charge in [-0.2, -0.15) is 0 Å². The second kappa shape index (κ2) is 6.77. The van der Waals surface area contributed by atoms with E-state index in [1.165, 1.54) is 5.56 Å². The van der Waals surface area contributed by atoms with Crippen molar-refractivity contribution in [3.8, 4) is 0 Å². The van der Waals surface area contributed by atoms with Crippen LogP contribution in [0.1, 0.15) is 19.4 Å². The molecule has 0 aliphatic rings. The van der Waals surface area contributed by atoms with Crippen LogP contribution in [0.3, 0.4) is 0 Å². The van der Waals surface area contributed by atoms with E-state index < -0.39 is 9.84 Å². The van der Waals surface area contributed by atoms with E-state index in [0.29, 0.717) is 0 Å². The largest absolute Gasteiger partial charge is 0.313 e. The van der Waals surface area contributed by atoms with E-state index in [2.05, 4.69) is 17.4 Å². The fourth-order valence-corrected chi connectivity index (χ4v) is 2.78. The molecule has 0 amide bonds. The summed E-state index contributed by atoms with van der Waals surface area (Å²) in [6, 6.07) is 10.2. The molecule has 1 unspecified atom stereocenters. The molecule has 0 aliphatic heterocycles. The van der Waals surface area contributed by atoms with Crippen LogP contribution in [0.25, 0.3) is 0 Å². The van der Waals surface area contributed by atoms with Crippen LogP contribution in [0.2, 0.25) is 0 Å². The van der Waals surface area contributed by atoms with E-state index in [1.54, 1.807) is 6.92 Å². The minimum absolute atomic E-state index is 0.0173. The zero-order valence-electron chi connectivity index (χ0n) is 10.5. The molecular formula is C13H21NO2S. The van der Waals surface area contributed by atoms with Crippen molar-refractivity contribution in [3.05, 3.63) is 35.9 Å². The number of nitrogens with one attached hydrogen (secondary N) is 1. The smallest absolute Gasteiger partial charge is 0.151 e. The van der Waals surface area contributed by atoms with Crippen LogP contribution in [-0.2, 0) is 16.3 Å². The molecule has 3 nitrogen and oxygen atoms in total. The maximum absolute atomic E-state index is 11.4. The Morgan fingerprint density at radius 3 is 2.47 bits per heavy atom. The van der Waals surface area contributed by atoms with Gasteiger partial charge in [0.25, 0.3) is 0 Å². The first-order chi connectivity index (χ1) is 8.03. The molecule has 0 spiro atoms. The summed E-state index contributed by atoms with van der Waals surface area (Å²) < 4.78 is 22.8. The second-order valence-electron chi connectivity index (χ2n) is 4.29. The summed E-state index contributed by atoms with van der Waals surface area (Å²) >= 11 is 0. The summed E-state index contributed by atoms with van der Waals surface area (Å²) in [6.07, 6.45) is 0.928. The van der Waals surface area contributed by atoms with Crippen molar-refractivity contribution in [2.45, 2.75) is 26.3 Å². The maximum Gasteiger partial charge on any atom is 0.151 e. The van der Waals surface area contributed by atoms with Gasteiger partial charge in [-0.05, 0) is 25.5 Å². The average Bonchev–Trinajstić information content (AvgIpc) is 2.30. The minimum atomic E-state index is -2.88. The quantitative estimate of drug-likeness (QED) is 0.805. The number of sulfone groups is 1. The van der Waals surface area contributed by atoms with E-state index in [1.807, 2.05) is 25.1 Å². The highest BCUT2D eigenvalue weighted by atomic mass is 32.2. The molecule has 0 saturated carbocycles.